The molecule has 0 N–H and O–H groups in total. The molecule has 3 fully saturated rings. The molecular formula is C21H32N4O3. The van der Waals surface area contributed by atoms with Gasteiger partial charge in [0.15, 0.2) is 0 Å². The van der Waals surface area contributed by atoms with Crippen LogP contribution in [0, 0.1) is 10.8 Å². The molecule has 28 heavy (non-hydrogen) atoms. The standard InChI is InChI=1S/C21H32N4O3/c1-4-24-12-9-21(18(24)26)16-25(19(27)22(2)3)15-20(21)7-10-23(11-8-20)14-17-6-5-13-28-17/h5-6,13H,4,7-12,14-16H2,1-3H3/t21-/m1/s1. The second kappa shape index (κ2) is 7.10. The van der Waals surface area contributed by atoms with Gasteiger partial charge in [0.2, 0.25) is 5.91 Å². The zero-order valence-corrected chi connectivity index (χ0v) is 17.3. The predicted molar refractivity (Wildman–Crippen MR) is 106 cm³/mol. The van der Waals surface area contributed by atoms with Gasteiger partial charge in [0, 0.05) is 45.7 Å². The highest BCUT2D eigenvalue weighted by Crippen LogP contribution is 2.58. The Morgan fingerprint density at radius 2 is 1.93 bits per heavy atom. The van der Waals surface area contributed by atoms with Gasteiger partial charge in [-0.1, -0.05) is 0 Å². The van der Waals surface area contributed by atoms with E-state index in [0.29, 0.717) is 13.1 Å². The molecule has 3 amide bonds. The minimum absolute atomic E-state index is 0.0250. The average Bonchev–Trinajstić information content (AvgIpc) is 3.38. The molecule has 154 valence electrons. The summed E-state index contributed by atoms with van der Waals surface area (Å²) < 4.78 is 5.51. The lowest BCUT2D eigenvalue weighted by molar-refractivity contribution is -0.142. The normalized spacial score (nSPS) is 27.3. The van der Waals surface area contributed by atoms with E-state index in [0.717, 1.165) is 57.7 Å². The van der Waals surface area contributed by atoms with E-state index in [4.69, 9.17) is 4.42 Å². The molecule has 3 saturated heterocycles. The van der Waals surface area contributed by atoms with Crippen LogP contribution < -0.4 is 0 Å². The maximum Gasteiger partial charge on any atom is 0.319 e. The lowest BCUT2D eigenvalue weighted by Gasteiger charge is -2.46. The molecule has 0 radical (unpaired) electrons. The minimum atomic E-state index is -0.411. The zero-order chi connectivity index (χ0) is 19.9. The summed E-state index contributed by atoms with van der Waals surface area (Å²) in [6.45, 7) is 7.57. The quantitative estimate of drug-likeness (QED) is 0.796. The number of piperidine rings is 1. The molecule has 0 saturated carbocycles. The van der Waals surface area contributed by atoms with E-state index in [1.54, 1.807) is 25.3 Å². The maximum absolute atomic E-state index is 13.5. The molecular weight excluding hydrogens is 356 g/mol. The molecule has 3 aliphatic rings. The number of carbonyl (C=O) groups is 2. The Kier molecular flexibility index (Phi) is 4.89. The smallest absolute Gasteiger partial charge is 0.319 e. The van der Waals surface area contributed by atoms with Crippen LogP contribution in [0.15, 0.2) is 22.8 Å². The molecule has 1 aromatic heterocycles. The fourth-order valence-electron chi connectivity index (χ4n) is 5.66. The molecule has 3 aliphatic heterocycles. The molecule has 7 nitrogen and oxygen atoms in total. The lowest BCUT2D eigenvalue weighted by atomic mass is 9.60. The highest BCUT2D eigenvalue weighted by molar-refractivity contribution is 5.88. The summed E-state index contributed by atoms with van der Waals surface area (Å²) in [6.07, 6.45) is 4.49. The third-order valence-electron chi connectivity index (χ3n) is 7.28. The zero-order valence-electron chi connectivity index (χ0n) is 17.3. The Hall–Kier alpha value is -2.02. The van der Waals surface area contributed by atoms with Crippen molar-refractivity contribution in [2.24, 2.45) is 10.8 Å². The van der Waals surface area contributed by atoms with Crippen molar-refractivity contribution in [3.05, 3.63) is 24.2 Å². The van der Waals surface area contributed by atoms with Crippen molar-refractivity contribution in [3.8, 4) is 0 Å². The van der Waals surface area contributed by atoms with Crippen molar-refractivity contribution in [2.45, 2.75) is 32.7 Å². The first-order valence-corrected chi connectivity index (χ1v) is 10.4. The molecule has 2 spiro atoms. The molecule has 0 unspecified atom stereocenters. The Morgan fingerprint density at radius 1 is 1.18 bits per heavy atom. The number of furan rings is 1. The fraction of sp³-hybridized carbons (Fsp3) is 0.714. The van der Waals surface area contributed by atoms with Crippen LogP contribution in [0.5, 0.6) is 0 Å². The van der Waals surface area contributed by atoms with Gasteiger partial charge in [-0.2, -0.15) is 0 Å². The van der Waals surface area contributed by atoms with Crippen molar-refractivity contribution in [2.75, 3.05) is 53.4 Å². The van der Waals surface area contributed by atoms with Gasteiger partial charge in [-0.15, -0.1) is 0 Å². The monoisotopic (exact) mass is 388 g/mol. The number of hydrogen-bond acceptors (Lipinski definition) is 4. The Labute approximate surface area is 167 Å². The van der Waals surface area contributed by atoms with Crippen LogP contribution >= 0.6 is 0 Å². The molecule has 1 aromatic rings. The first kappa shape index (κ1) is 19.3. The fourth-order valence-corrected chi connectivity index (χ4v) is 5.66. The number of urea groups is 1. The van der Waals surface area contributed by atoms with Crippen LogP contribution in [0.25, 0.3) is 0 Å². The minimum Gasteiger partial charge on any atom is -0.468 e. The summed E-state index contributed by atoms with van der Waals surface area (Å²) in [5, 5.41) is 0. The van der Waals surface area contributed by atoms with Crippen LogP contribution in [0.1, 0.15) is 31.9 Å². The molecule has 4 heterocycles. The third kappa shape index (κ3) is 2.91. The van der Waals surface area contributed by atoms with Gasteiger partial charge in [-0.3, -0.25) is 9.69 Å². The van der Waals surface area contributed by atoms with Crippen LogP contribution in [-0.2, 0) is 11.3 Å². The summed E-state index contributed by atoms with van der Waals surface area (Å²) in [4.78, 5) is 34.2. The molecule has 4 rings (SSSR count). The van der Waals surface area contributed by atoms with Gasteiger partial charge >= 0.3 is 6.03 Å². The van der Waals surface area contributed by atoms with Gasteiger partial charge < -0.3 is 19.1 Å². The van der Waals surface area contributed by atoms with Gasteiger partial charge in [-0.25, -0.2) is 4.79 Å². The number of rotatable bonds is 3. The first-order chi connectivity index (χ1) is 13.4. The molecule has 1 atom stereocenters. The van der Waals surface area contributed by atoms with Crippen LogP contribution in [-0.4, -0.2) is 84.9 Å². The second-order valence-electron chi connectivity index (χ2n) is 8.89. The summed E-state index contributed by atoms with van der Waals surface area (Å²) in [5.74, 6) is 1.25. The van der Waals surface area contributed by atoms with E-state index < -0.39 is 5.41 Å². The second-order valence-corrected chi connectivity index (χ2v) is 8.89. The molecule has 0 bridgehead atoms. The van der Waals surface area contributed by atoms with E-state index in [9.17, 15) is 9.59 Å². The number of fused-ring (bicyclic) bond motifs is 1. The van der Waals surface area contributed by atoms with Crippen LogP contribution in [0.3, 0.4) is 0 Å². The number of carbonyl (C=O) groups excluding carboxylic acids is 2. The van der Waals surface area contributed by atoms with E-state index in [2.05, 4.69) is 4.90 Å². The first-order valence-electron chi connectivity index (χ1n) is 10.4. The van der Waals surface area contributed by atoms with Gasteiger partial charge in [-0.05, 0) is 51.4 Å². The van der Waals surface area contributed by atoms with Gasteiger partial charge in [0.1, 0.15) is 5.76 Å². The average molecular weight is 389 g/mol. The number of likely N-dealkylation sites (tertiary alicyclic amines) is 3. The SMILES string of the molecule is CCN1CC[C@@]2(CN(C(=O)N(C)C)CC23CCN(Cc2ccco2)CC3)C1=O. The summed E-state index contributed by atoms with van der Waals surface area (Å²) in [5.41, 5.74) is -0.523. The van der Waals surface area contributed by atoms with Gasteiger partial charge in [0.05, 0.1) is 18.2 Å². The lowest BCUT2D eigenvalue weighted by Crippen LogP contribution is -2.52. The Morgan fingerprint density at radius 3 is 2.50 bits per heavy atom. The summed E-state index contributed by atoms with van der Waals surface area (Å²) >= 11 is 0. The number of nitrogens with zero attached hydrogens (tertiary/aromatic N) is 4. The molecule has 0 aromatic carbocycles. The summed E-state index contributed by atoms with van der Waals surface area (Å²) in [6, 6.07) is 3.96. The van der Waals surface area contributed by atoms with E-state index in [1.807, 2.05) is 28.9 Å². The predicted octanol–water partition coefficient (Wildman–Crippen LogP) is 2.10. The largest absolute Gasteiger partial charge is 0.468 e. The Bertz CT molecular complexity index is 724. The molecule has 7 heteroatoms. The van der Waals surface area contributed by atoms with Crippen molar-refractivity contribution < 1.29 is 14.0 Å². The number of amides is 3. The van der Waals surface area contributed by atoms with Crippen LogP contribution in [0.2, 0.25) is 0 Å². The third-order valence-corrected chi connectivity index (χ3v) is 7.28. The molecule has 0 aliphatic carbocycles. The number of hydrogen-bond donors (Lipinski definition) is 0. The van der Waals surface area contributed by atoms with Gasteiger partial charge in [0.25, 0.3) is 0 Å². The highest BCUT2D eigenvalue weighted by Gasteiger charge is 2.65. The van der Waals surface area contributed by atoms with Crippen molar-refractivity contribution in [1.29, 1.82) is 0 Å². The van der Waals surface area contributed by atoms with Crippen LogP contribution in [0.4, 0.5) is 4.79 Å². The van der Waals surface area contributed by atoms with Crippen molar-refractivity contribution in [3.63, 3.8) is 0 Å². The topological polar surface area (TPSA) is 60.2 Å². The van der Waals surface area contributed by atoms with E-state index in [-0.39, 0.29) is 17.4 Å². The van der Waals surface area contributed by atoms with E-state index >= 15 is 0 Å². The maximum atomic E-state index is 13.5. The van der Waals surface area contributed by atoms with E-state index in [1.165, 1.54) is 0 Å². The van der Waals surface area contributed by atoms with Crippen molar-refractivity contribution in [1.82, 2.24) is 19.6 Å². The highest BCUT2D eigenvalue weighted by atomic mass is 16.3. The Balaban J connectivity index is 1.56. The van der Waals surface area contributed by atoms with Crippen molar-refractivity contribution >= 4 is 11.9 Å². The summed E-state index contributed by atoms with van der Waals surface area (Å²) in [7, 11) is 3.58.